The summed E-state index contributed by atoms with van der Waals surface area (Å²) in [5.74, 6) is -2.14. The van der Waals surface area contributed by atoms with E-state index in [1.165, 1.54) is 4.90 Å². The van der Waals surface area contributed by atoms with Crippen molar-refractivity contribution in [1.82, 2.24) is 44.8 Å². The maximum absolute atomic E-state index is 14.7. The Morgan fingerprint density at radius 2 is 1.84 bits per heavy atom. The second-order valence-corrected chi connectivity index (χ2v) is 18.5. The first-order chi connectivity index (χ1) is 27.7. The average molecular weight is 814 g/mol. The molecule has 306 valence electrons. The van der Waals surface area contributed by atoms with Crippen LogP contribution in [0.25, 0.3) is 27.9 Å². The Hall–Kier alpha value is -5.65. The summed E-state index contributed by atoms with van der Waals surface area (Å²) in [5, 5.41) is 10.5. The molecule has 2 aliphatic carbocycles. The van der Waals surface area contributed by atoms with Crippen molar-refractivity contribution < 1.29 is 37.1 Å². The zero-order valence-electron chi connectivity index (χ0n) is 32.6. The molecule has 5 heterocycles. The van der Waals surface area contributed by atoms with Crippen molar-refractivity contribution >= 4 is 50.4 Å². The minimum atomic E-state index is -3.92. The maximum atomic E-state index is 14.7. The lowest BCUT2D eigenvalue weighted by Crippen LogP contribution is -2.58. The van der Waals surface area contributed by atoms with Crippen LogP contribution in [-0.2, 0) is 29.1 Å². The number of sulfonamides is 1. The van der Waals surface area contributed by atoms with Crippen LogP contribution in [0.15, 0.2) is 61.1 Å². The Morgan fingerprint density at radius 1 is 1.03 bits per heavy atom. The number of fused-ring (bicyclic) bond motifs is 5. The number of ether oxygens (including phenoxy) is 2. The molecule has 5 atom stereocenters. The Kier molecular flexibility index (Phi) is 10.3. The summed E-state index contributed by atoms with van der Waals surface area (Å²) < 4.78 is 41.8. The number of nitrogens with zero attached hydrogens (tertiary/aromatic N) is 6. The highest BCUT2D eigenvalue weighted by Crippen LogP contribution is 2.46. The number of allylic oxidation sites excluding steroid dienone is 1. The van der Waals surface area contributed by atoms with Crippen molar-refractivity contribution in [2.45, 2.75) is 113 Å². The normalized spacial score (nSPS) is 26.1. The maximum Gasteiger partial charge on any atom is 0.408 e. The molecule has 4 amide bonds. The molecule has 8 rings (SSSR count). The molecule has 1 saturated heterocycles. The second kappa shape index (κ2) is 15.3. The summed E-state index contributed by atoms with van der Waals surface area (Å²) >= 11 is 0. The number of carbonyl (C=O) groups excluding carboxylic acids is 4. The second-order valence-electron chi connectivity index (χ2n) is 16.5. The van der Waals surface area contributed by atoms with Crippen molar-refractivity contribution in [3.63, 3.8) is 0 Å². The summed E-state index contributed by atoms with van der Waals surface area (Å²) in [6, 6.07) is 6.97. The number of aromatic nitrogens is 5. The highest BCUT2D eigenvalue weighted by Gasteiger charge is 2.62. The van der Waals surface area contributed by atoms with Crippen LogP contribution in [0.5, 0.6) is 5.88 Å². The van der Waals surface area contributed by atoms with E-state index in [9.17, 15) is 27.6 Å². The standard InChI is InChI=1S/C40H47N9O8S/c1-39(2,3)57-38(53)44-29-14-8-6-4-5-7-11-24-21-40(24,37(52)47-58(54,55)26-15-16-26)45-35(50)32-19-25(23-48(32)36(29)51)56-33-20-30(31-22-41-17-18-42-31)43-34-27-12-9-10-13-28(27)46-49(33)34/h7,9-13,17-18,20,22,24-26,29,32H,4-6,8,14-16,19,21,23H2,1-3H3,(H,44,53)(H,45,50)(H,47,52)/b11-7-/t24-,25+,29-,32-,40+/m0/s1. The van der Waals surface area contributed by atoms with Gasteiger partial charge in [-0.25, -0.2) is 18.2 Å². The fourth-order valence-electron chi connectivity index (χ4n) is 7.72. The van der Waals surface area contributed by atoms with Gasteiger partial charge in [-0.05, 0) is 71.4 Å². The molecule has 0 radical (unpaired) electrons. The van der Waals surface area contributed by atoms with E-state index in [1.807, 2.05) is 36.4 Å². The van der Waals surface area contributed by atoms with Gasteiger partial charge in [0.05, 0.1) is 29.2 Å². The fourth-order valence-corrected chi connectivity index (χ4v) is 9.08. The van der Waals surface area contributed by atoms with Gasteiger partial charge in [-0.15, -0.1) is 0 Å². The summed E-state index contributed by atoms with van der Waals surface area (Å²) in [6.45, 7) is 5.11. The molecule has 3 fully saturated rings. The fraction of sp³-hybridized carbons (Fsp3) is 0.500. The largest absolute Gasteiger partial charge is 0.472 e. The smallest absolute Gasteiger partial charge is 0.408 e. The van der Waals surface area contributed by atoms with Crippen LogP contribution in [0.1, 0.15) is 78.6 Å². The summed E-state index contributed by atoms with van der Waals surface area (Å²) in [6.07, 6.45) is 11.2. The first-order valence-electron chi connectivity index (χ1n) is 19.8. The number of benzene rings is 1. The SMILES string of the molecule is CC(C)(C)OC(=O)N[C@H]1CCCCC/C=C\[C@H]2C[C@@]2(C(=O)NS(=O)(=O)C2CC2)NC(=O)[C@@H]2C[C@@H](Oc3cc(-c4cnccn4)nc4c5ccccc5nn34)CN2C1=O. The number of hydrogen-bond acceptors (Lipinski definition) is 12. The van der Waals surface area contributed by atoms with Crippen LogP contribution < -0.4 is 20.1 Å². The molecule has 2 saturated carbocycles. The van der Waals surface area contributed by atoms with E-state index in [2.05, 4.69) is 25.3 Å². The van der Waals surface area contributed by atoms with Gasteiger partial charge in [0.15, 0.2) is 5.65 Å². The van der Waals surface area contributed by atoms with Crippen molar-refractivity contribution in [1.29, 1.82) is 0 Å². The van der Waals surface area contributed by atoms with Crippen molar-refractivity contribution in [3.8, 4) is 17.3 Å². The molecule has 0 spiro atoms. The number of hydrogen-bond donors (Lipinski definition) is 3. The molecule has 18 heteroatoms. The predicted molar refractivity (Wildman–Crippen MR) is 211 cm³/mol. The molecule has 2 aliphatic heterocycles. The first-order valence-corrected chi connectivity index (χ1v) is 21.3. The van der Waals surface area contributed by atoms with Crippen molar-refractivity contribution in [2.24, 2.45) is 5.92 Å². The highest BCUT2D eigenvalue weighted by atomic mass is 32.2. The summed E-state index contributed by atoms with van der Waals surface area (Å²) in [5.41, 5.74) is -0.235. The minimum absolute atomic E-state index is 0.000386. The quantitative estimate of drug-likeness (QED) is 0.228. The molecule has 4 aromatic rings. The van der Waals surface area contributed by atoms with Crippen LogP contribution in [0.4, 0.5) is 4.79 Å². The zero-order chi connectivity index (χ0) is 40.8. The van der Waals surface area contributed by atoms with Gasteiger partial charge < -0.3 is 25.0 Å². The van der Waals surface area contributed by atoms with E-state index in [4.69, 9.17) is 19.6 Å². The van der Waals surface area contributed by atoms with Crippen LogP contribution >= 0.6 is 0 Å². The summed E-state index contributed by atoms with van der Waals surface area (Å²) in [7, 11) is -3.92. The Bertz CT molecular complexity index is 2390. The van der Waals surface area contributed by atoms with E-state index < -0.39 is 74.3 Å². The molecule has 3 aromatic heterocycles. The molecular formula is C40H47N9O8S. The number of rotatable bonds is 7. The number of amides is 4. The number of nitrogens with one attached hydrogen (secondary N) is 3. The first kappa shape index (κ1) is 39.2. The minimum Gasteiger partial charge on any atom is -0.472 e. The van der Waals surface area contributed by atoms with Gasteiger partial charge >= 0.3 is 6.09 Å². The van der Waals surface area contributed by atoms with Gasteiger partial charge in [0.25, 0.3) is 5.91 Å². The van der Waals surface area contributed by atoms with Crippen molar-refractivity contribution in [3.05, 3.63) is 61.1 Å². The van der Waals surface area contributed by atoms with Gasteiger partial charge in [0, 0.05) is 36.2 Å². The molecule has 0 bridgehead atoms. The molecular weight excluding hydrogens is 767 g/mol. The third-order valence-electron chi connectivity index (χ3n) is 10.9. The van der Waals surface area contributed by atoms with Crippen LogP contribution in [0, 0.1) is 5.92 Å². The number of alkyl carbamates (subject to hydrolysis) is 1. The lowest BCUT2D eigenvalue weighted by atomic mass is 10.0. The van der Waals surface area contributed by atoms with Gasteiger partial charge in [0.1, 0.15) is 35.0 Å². The van der Waals surface area contributed by atoms with Crippen LogP contribution in [-0.4, -0.2) is 103 Å². The monoisotopic (exact) mass is 813 g/mol. The Morgan fingerprint density at radius 3 is 2.60 bits per heavy atom. The molecule has 58 heavy (non-hydrogen) atoms. The Balaban J connectivity index is 1.14. The topological polar surface area (TPSA) is 216 Å². The van der Waals surface area contributed by atoms with E-state index in [0.717, 1.165) is 18.2 Å². The third kappa shape index (κ3) is 8.19. The summed E-state index contributed by atoms with van der Waals surface area (Å²) in [4.78, 5) is 71.0. The number of carbonyl (C=O) groups is 4. The highest BCUT2D eigenvalue weighted by molar-refractivity contribution is 7.91. The molecule has 3 N–H and O–H groups in total. The van der Waals surface area contributed by atoms with Gasteiger partial charge in [-0.1, -0.05) is 37.1 Å². The average Bonchev–Trinajstić information content (AvgIpc) is 4.08. The van der Waals surface area contributed by atoms with E-state index >= 15 is 0 Å². The predicted octanol–water partition coefficient (Wildman–Crippen LogP) is 3.58. The Labute approximate surface area is 335 Å². The van der Waals surface area contributed by atoms with Crippen molar-refractivity contribution in [2.75, 3.05) is 6.54 Å². The van der Waals surface area contributed by atoms with E-state index in [1.54, 1.807) is 49.9 Å². The molecule has 1 aromatic carbocycles. The lowest BCUT2D eigenvalue weighted by Gasteiger charge is -2.30. The molecule has 0 unspecified atom stereocenters. The lowest BCUT2D eigenvalue weighted by molar-refractivity contribution is -0.141. The van der Waals surface area contributed by atoms with E-state index in [-0.39, 0.29) is 25.3 Å². The van der Waals surface area contributed by atoms with E-state index in [0.29, 0.717) is 54.7 Å². The molecule has 17 nitrogen and oxygen atoms in total. The van der Waals surface area contributed by atoms with Crippen LogP contribution in [0.2, 0.25) is 0 Å². The van der Waals surface area contributed by atoms with Crippen LogP contribution in [0.3, 0.4) is 0 Å². The molecule has 4 aliphatic rings. The zero-order valence-corrected chi connectivity index (χ0v) is 33.4. The van der Waals surface area contributed by atoms with Gasteiger partial charge in [0.2, 0.25) is 27.7 Å². The van der Waals surface area contributed by atoms with Gasteiger partial charge in [-0.2, -0.15) is 9.61 Å². The van der Waals surface area contributed by atoms with Gasteiger partial charge in [-0.3, -0.25) is 29.1 Å². The third-order valence-corrected chi connectivity index (χ3v) is 12.7.